The average Bonchev–Trinajstić information content (AvgIpc) is 3.23. The first-order chi connectivity index (χ1) is 14.2. The predicted molar refractivity (Wildman–Crippen MR) is 108 cm³/mol. The van der Waals surface area contributed by atoms with Gasteiger partial charge in [0.25, 0.3) is 11.8 Å². The summed E-state index contributed by atoms with van der Waals surface area (Å²) in [4.78, 5) is 19.4. The van der Waals surface area contributed by atoms with E-state index in [2.05, 4.69) is 20.4 Å². The number of aromatic nitrogens is 2. The maximum atomic E-state index is 12.7. The van der Waals surface area contributed by atoms with Crippen LogP contribution in [-0.2, 0) is 17.8 Å². The minimum absolute atomic E-state index is 0.160. The highest BCUT2D eigenvalue weighted by Gasteiger charge is 2.17. The molecule has 3 aromatic rings. The summed E-state index contributed by atoms with van der Waals surface area (Å²) >= 11 is 5.90. The van der Waals surface area contributed by atoms with Crippen molar-refractivity contribution in [1.82, 2.24) is 20.4 Å². The molecule has 7 nitrogen and oxygen atoms in total. The van der Waals surface area contributed by atoms with Crippen molar-refractivity contribution in [2.45, 2.75) is 13.1 Å². The Bertz CT molecular complexity index is 968. The number of nitrogens with one attached hydrogen (secondary N) is 1. The molecule has 1 amide bonds. The quantitative estimate of drug-likeness (QED) is 0.669. The average molecular weight is 413 g/mol. The summed E-state index contributed by atoms with van der Waals surface area (Å²) in [6.45, 7) is 4.08. The largest absolute Gasteiger partial charge is 0.379 e. The van der Waals surface area contributed by atoms with Crippen LogP contribution in [0.15, 0.2) is 53.1 Å². The van der Waals surface area contributed by atoms with Crippen molar-refractivity contribution < 1.29 is 14.1 Å². The number of carbonyl (C=O) groups is 1. The minimum atomic E-state index is -0.160. The topological polar surface area (TPSA) is 80.5 Å². The molecular formula is C21H21ClN4O3. The zero-order valence-electron chi connectivity index (χ0n) is 15.8. The van der Waals surface area contributed by atoms with E-state index in [-0.39, 0.29) is 12.5 Å². The van der Waals surface area contributed by atoms with Crippen LogP contribution in [0.1, 0.15) is 21.7 Å². The van der Waals surface area contributed by atoms with E-state index in [0.717, 1.165) is 44.0 Å². The normalized spacial score (nSPS) is 14.7. The van der Waals surface area contributed by atoms with Crippen LogP contribution < -0.4 is 5.32 Å². The number of ether oxygens (including phenoxy) is 1. The van der Waals surface area contributed by atoms with Gasteiger partial charge in [-0.2, -0.15) is 4.98 Å². The summed E-state index contributed by atoms with van der Waals surface area (Å²) in [7, 11) is 0. The van der Waals surface area contributed by atoms with Crippen molar-refractivity contribution in [2.24, 2.45) is 0 Å². The van der Waals surface area contributed by atoms with Gasteiger partial charge in [0.15, 0.2) is 5.82 Å². The molecule has 150 valence electrons. The molecule has 1 aliphatic rings. The Hall–Kier alpha value is -2.74. The Morgan fingerprint density at radius 1 is 1.10 bits per heavy atom. The first-order valence-corrected chi connectivity index (χ1v) is 9.81. The van der Waals surface area contributed by atoms with Gasteiger partial charge in [-0.3, -0.25) is 9.69 Å². The second-order valence-electron chi connectivity index (χ2n) is 6.75. The lowest BCUT2D eigenvalue weighted by Crippen LogP contribution is -2.36. The molecule has 0 unspecified atom stereocenters. The Kier molecular flexibility index (Phi) is 6.19. The molecular weight excluding hydrogens is 392 g/mol. The monoisotopic (exact) mass is 412 g/mol. The molecule has 0 aliphatic carbocycles. The summed E-state index contributed by atoms with van der Waals surface area (Å²) < 4.78 is 10.7. The fourth-order valence-electron chi connectivity index (χ4n) is 3.17. The Morgan fingerprint density at radius 3 is 2.66 bits per heavy atom. The molecule has 1 aliphatic heterocycles. The fraction of sp³-hybridized carbons (Fsp3) is 0.286. The number of nitrogens with zero attached hydrogens (tertiary/aromatic N) is 3. The molecule has 2 heterocycles. The molecule has 0 radical (unpaired) electrons. The van der Waals surface area contributed by atoms with E-state index in [1.807, 2.05) is 24.3 Å². The van der Waals surface area contributed by atoms with Crippen LogP contribution in [0, 0.1) is 0 Å². The van der Waals surface area contributed by atoms with Crippen molar-refractivity contribution in [1.29, 1.82) is 0 Å². The maximum Gasteiger partial charge on any atom is 0.257 e. The number of amides is 1. The van der Waals surface area contributed by atoms with Crippen molar-refractivity contribution in [2.75, 3.05) is 26.3 Å². The van der Waals surface area contributed by atoms with E-state index < -0.39 is 0 Å². The van der Waals surface area contributed by atoms with Gasteiger partial charge in [0.1, 0.15) is 0 Å². The zero-order valence-corrected chi connectivity index (χ0v) is 16.6. The molecule has 4 rings (SSSR count). The third-order valence-electron chi connectivity index (χ3n) is 4.73. The van der Waals surface area contributed by atoms with E-state index in [1.54, 1.807) is 24.3 Å². The van der Waals surface area contributed by atoms with Gasteiger partial charge in [-0.1, -0.05) is 35.0 Å². The first-order valence-electron chi connectivity index (χ1n) is 9.44. The molecule has 1 saturated heterocycles. The summed E-state index contributed by atoms with van der Waals surface area (Å²) in [5, 5.41) is 7.45. The van der Waals surface area contributed by atoms with Crippen LogP contribution in [0.4, 0.5) is 0 Å². The van der Waals surface area contributed by atoms with Gasteiger partial charge in [-0.25, -0.2) is 0 Å². The van der Waals surface area contributed by atoms with Gasteiger partial charge >= 0.3 is 0 Å². The first kappa shape index (κ1) is 19.6. The van der Waals surface area contributed by atoms with Gasteiger partial charge in [0, 0.05) is 35.8 Å². The van der Waals surface area contributed by atoms with Crippen LogP contribution in [0.3, 0.4) is 0 Å². The van der Waals surface area contributed by atoms with Crippen LogP contribution in [0.5, 0.6) is 0 Å². The number of morpholine rings is 1. The third-order valence-corrected chi connectivity index (χ3v) is 4.98. The van der Waals surface area contributed by atoms with Crippen molar-refractivity contribution in [3.8, 4) is 11.5 Å². The lowest BCUT2D eigenvalue weighted by molar-refractivity contribution is 0.0340. The molecule has 1 fully saturated rings. The highest BCUT2D eigenvalue weighted by Crippen LogP contribution is 2.19. The molecule has 29 heavy (non-hydrogen) atoms. The SMILES string of the molecule is O=C(NCc1noc(-c2ccc(Cl)cc2)n1)c1ccccc1CN1CCOCC1. The van der Waals surface area contributed by atoms with Gasteiger partial charge < -0.3 is 14.6 Å². The highest BCUT2D eigenvalue weighted by molar-refractivity contribution is 6.30. The molecule has 0 saturated carbocycles. The van der Waals surface area contributed by atoms with Crippen LogP contribution in [0.25, 0.3) is 11.5 Å². The van der Waals surface area contributed by atoms with Gasteiger partial charge in [0.2, 0.25) is 0 Å². The lowest BCUT2D eigenvalue weighted by Gasteiger charge is -2.27. The van der Waals surface area contributed by atoms with E-state index in [4.69, 9.17) is 20.9 Å². The molecule has 1 aromatic heterocycles. The zero-order chi connectivity index (χ0) is 20.1. The lowest BCUT2D eigenvalue weighted by atomic mass is 10.1. The standard InChI is InChI=1S/C21H21ClN4O3/c22-17-7-5-15(6-8-17)21-24-19(25-29-21)13-23-20(27)18-4-2-1-3-16(18)14-26-9-11-28-12-10-26/h1-8H,9-14H2,(H,23,27). The van der Waals surface area contributed by atoms with E-state index >= 15 is 0 Å². The number of halogens is 1. The number of hydrogen-bond donors (Lipinski definition) is 1. The molecule has 0 spiro atoms. The summed E-state index contributed by atoms with van der Waals surface area (Å²) in [6, 6.07) is 14.8. The smallest absolute Gasteiger partial charge is 0.257 e. The fourth-order valence-corrected chi connectivity index (χ4v) is 3.30. The molecule has 0 atom stereocenters. The van der Waals surface area contributed by atoms with Crippen molar-refractivity contribution in [3.63, 3.8) is 0 Å². The Morgan fingerprint density at radius 2 is 1.86 bits per heavy atom. The molecule has 0 bridgehead atoms. The van der Waals surface area contributed by atoms with Gasteiger partial charge in [0.05, 0.1) is 19.8 Å². The summed E-state index contributed by atoms with van der Waals surface area (Å²) in [5.74, 6) is 0.638. The number of benzene rings is 2. The van der Waals surface area contributed by atoms with E-state index in [1.165, 1.54) is 0 Å². The second-order valence-corrected chi connectivity index (χ2v) is 7.19. The van der Waals surface area contributed by atoms with Crippen molar-refractivity contribution >= 4 is 17.5 Å². The summed E-state index contributed by atoms with van der Waals surface area (Å²) in [5.41, 5.74) is 2.41. The van der Waals surface area contributed by atoms with Gasteiger partial charge in [-0.05, 0) is 35.9 Å². The van der Waals surface area contributed by atoms with Crippen molar-refractivity contribution in [3.05, 3.63) is 70.5 Å². The third kappa shape index (κ3) is 5.00. The van der Waals surface area contributed by atoms with E-state index in [9.17, 15) is 4.79 Å². The van der Waals surface area contributed by atoms with Gasteiger partial charge in [-0.15, -0.1) is 0 Å². The van der Waals surface area contributed by atoms with Crippen LogP contribution in [-0.4, -0.2) is 47.3 Å². The number of rotatable bonds is 6. The molecule has 1 N–H and O–H groups in total. The molecule has 8 heteroatoms. The Balaban J connectivity index is 1.39. The van der Waals surface area contributed by atoms with Crippen LogP contribution >= 0.6 is 11.6 Å². The highest BCUT2D eigenvalue weighted by atomic mass is 35.5. The minimum Gasteiger partial charge on any atom is -0.379 e. The Labute approximate surface area is 173 Å². The summed E-state index contributed by atoms with van der Waals surface area (Å²) in [6.07, 6.45) is 0. The number of carbonyl (C=O) groups excluding carboxylic acids is 1. The van der Waals surface area contributed by atoms with E-state index in [0.29, 0.717) is 22.3 Å². The maximum absolute atomic E-state index is 12.7. The van der Waals surface area contributed by atoms with Crippen LogP contribution in [0.2, 0.25) is 5.02 Å². The second kappa shape index (κ2) is 9.17. The number of hydrogen-bond acceptors (Lipinski definition) is 6. The predicted octanol–water partition coefficient (Wildman–Crippen LogP) is 3.15. The molecule has 2 aromatic carbocycles.